The second-order valence-electron chi connectivity index (χ2n) is 3.11. The Bertz CT molecular complexity index is 133. The first-order chi connectivity index (χ1) is 3.88. The van der Waals surface area contributed by atoms with Crippen LogP contribution in [0.1, 0.15) is 26.2 Å². The van der Waals surface area contributed by atoms with E-state index in [4.69, 9.17) is 0 Å². The maximum atomic E-state index is 2.44. The first-order valence-corrected chi connectivity index (χ1v) is 3.59. The van der Waals surface area contributed by atoms with E-state index >= 15 is 0 Å². The highest BCUT2D eigenvalue weighted by Gasteiger charge is 2.31. The van der Waals surface area contributed by atoms with Crippen molar-refractivity contribution in [3.8, 4) is 0 Å². The van der Waals surface area contributed by atoms with E-state index in [0.717, 1.165) is 11.8 Å². The number of hydrogen-bond acceptors (Lipinski definition) is 0. The van der Waals surface area contributed by atoms with Gasteiger partial charge in [-0.15, -0.1) is 0 Å². The van der Waals surface area contributed by atoms with Gasteiger partial charge in [-0.3, -0.25) is 0 Å². The molecular weight excluding hydrogens is 96.1 g/mol. The Kier molecular flexibility index (Phi) is 0.787. The summed E-state index contributed by atoms with van der Waals surface area (Å²) in [4.78, 5) is 0. The molecule has 2 aliphatic carbocycles. The zero-order chi connectivity index (χ0) is 5.56. The first-order valence-electron chi connectivity index (χ1n) is 3.59. The lowest BCUT2D eigenvalue weighted by Gasteiger charge is -2.14. The van der Waals surface area contributed by atoms with Crippen LogP contribution in [0, 0.1) is 11.8 Å². The Morgan fingerprint density at radius 2 is 2.38 bits per heavy atom. The molecule has 0 nitrogen and oxygen atoms in total. The van der Waals surface area contributed by atoms with E-state index in [2.05, 4.69) is 13.0 Å². The summed E-state index contributed by atoms with van der Waals surface area (Å²) in [5, 5.41) is 0. The summed E-state index contributed by atoms with van der Waals surface area (Å²) in [6, 6.07) is 0. The van der Waals surface area contributed by atoms with Gasteiger partial charge in [0.2, 0.25) is 0 Å². The van der Waals surface area contributed by atoms with E-state index in [-0.39, 0.29) is 0 Å². The largest absolute Gasteiger partial charge is 0.0773 e. The monoisotopic (exact) mass is 108 g/mol. The highest BCUT2D eigenvalue weighted by Crippen LogP contribution is 2.45. The van der Waals surface area contributed by atoms with Crippen LogP contribution in [0.25, 0.3) is 0 Å². The lowest BCUT2D eigenvalue weighted by molar-refractivity contribution is 0.484. The maximum absolute atomic E-state index is 2.44. The van der Waals surface area contributed by atoms with Crippen LogP contribution in [0.4, 0.5) is 0 Å². The lowest BCUT2D eigenvalue weighted by atomic mass is 9.91. The highest BCUT2D eigenvalue weighted by atomic mass is 14.4. The van der Waals surface area contributed by atoms with Gasteiger partial charge in [-0.25, -0.2) is 0 Å². The van der Waals surface area contributed by atoms with Crippen LogP contribution in [0.15, 0.2) is 11.6 Å². The zero-order valence-corrected chi connectivity index (χ0v) is 5.35. The number of allylic oxidation sites excluding steroid dienone is 2. The van der Waals surface area contributed by atoms with Crippen molar-refractivity contribution in [1.82, 2.24) is 0 Å². The third-order valence-electron chi connectivity index (χ3n) is 2.43. The zero-order valence-electron chi connectivity index (χ0n) is 5.35. The molecule has 0 amide bonds. The molecule has 0 radical (unpaired) electrons. The van der Waals surface area contributed by atoms with Crippen LogP contribution in [0.5, 0.6) is 0 Å². The second kappa shape index (κ2) is 1.37. The maximum Gasteiger partial charge on any atom is -0.00174 e. The van der Waals surface area contributed by atoms with Crippen molar-refractivity contribution >= 4 is 0 Å². The van der Waals surface area contributed by atoms with Crippen LogP contribution >= 0.6 is 0 Å². The summed E-state index contributed by atoms with van der Waals surface area (Å²) in [6.45, 7) is 2.35. The number of hydrogen-bond donors (Lipinski definition) is 0. The van der Waals surface area contributed by atoms with E-state index in [1.54, 1.807) is 5.57 Å². The van der Waals surface area contributed by atoms with Crippen LogP contribution in [-0.2, 0) is 0 Å². The fourth-order valence-corrected chi connectivity index (χ4v) is 1.77. The Hall–Kier alpha value is -0.260. The molecule has 0 spiro atoms. The summed E-state index contributed by atoms with van der Waals surface area (Å²) in [6.07, 6.45) is 6.81. The van der Waals surface area contributed by atoms with Crippen molar-refractivity contribution in [2.45, 2.75) is 26.2 Å². The molecule has 0 N–H and O–H groups in total. The van der Waals surface area contributed by atoms with Crippen LogP contribution in [0.3, 0.4) is 0 Å². The van der Waals surface area contributed by atoms with E-state index in [9.17, 15) is 0 Å². The average molecular weight is 108 g/mol. The van der Waals surface area contributed by atoms with Gasteiger partial charge in [0, 0.05) is 0 Å². The van der Waals surface area contributed by atoms with Gasteiger partial charge in [0.05, 0.1) is 0 Å². The Balaban J connectivity index is 2.06. The summed E-state index contributed by atoms with van der Waals surface area (Å²) >= 11 is 0. The quantitative estimate of drug-likeness (QED) is 0.418. The number of rotatable bonds is 0. The van der Waals surface area contributed by atoms with Crippen molar-refractivity contribution in [1.29, 1.82) is 0 Å². The van der Waals surface area contributed by atoms with E-state index < -0.39 is 0 Å². The van der Waals surface area contributed by atoms with Gasteiger partial charge < -0.3 is 0 Å². The molecule has 1 saturated carbocycles. The minimum atomic E-state index is 0.939. The van der Waals surface area contributed by atoms with Crippen molar-refractivity contribution in [2.75, 3.05) is 0 Å². The fraction of sp³-hybridized carbons (Fsp3) is 0.750. The van der Waals surface area contributed by atoms with Crippen LogP contribution in [-0.4, -0.2) is 0 Å². The van der Waals surface area contributed by atoms with Crippen LogP contribution in [0.2, 0.25) is 0 Å². The van der Waals surface area contributed by atoms with Gasteiger partial charge in [0.15, 0.2) is 0 Å². The lowest BCUT2D eigenvalue weighted by Crippen LogP contribution is -2.01. The topological polar surface area (TPSA) is 0 Å². The second-order valence-corrected chi connectivity index (χ2v) is 3.11. The minimum Gasteiger partial charge on any atom is -0.0773 e. The molecule has 8 heavy (non-hydrogen) atoms. The van der Waals surface area contributed by atoms with Gasteiger partial charge in [-0.2, -0.15) is 0 Å². The predicted octanol–water partition coefficient (Wildman–Crippen LogP) is 2.36. The molecule has 0 aliphatic heterocycles. The molecule has 0 heteroatoms. The Morgan fingerprint density at radius 1 is 1.50 bits per heavy atom. The fourth-order valence-electron chi connectivity index (χ4n) is 1.77. The van der Waals surface area contributed by atoms with Crippen molar-refractivity contribution in [3.63, 3.8) is 0 Å². The molecule has 0 heterocycles. The minimum absolute atomic E-state index is 0.939. The normalized spacial score (nSPS) is 42.9. The molecule has 0 aromatic carbocycles. The van der Waals surface area contributed by atoms with E-state index in [1.165, 1.54) is 19.3 Å². The summed E-state index contributed by atoms with van der Waals surface area (Å²) < 4.78 is 0. The van der Waals surface area contributed by atoms with E-state index in [0.29, 0.717) is 0 Å². The Labute approximate surface area is 50.6 Å². The molecule has 0 bridgehead atoms. The molecule has 2 atom stereocenters. The summed E-state index contributed by atoms with van der Waals surface area (Å²) in [5.41, 5.74) is 1.76. The molecule has 0 saturated heterocycles. The van der Waals surface area contributed by atoms with Gasteiger partial charge in [-0.05, 0) is 24.7 Å². The van der Waals surface area contributed by atoms with Gasteiger partial charge in [0.1, 0.15) is 0 Å². The van der Waals surface area contributed by atoms with Crippen molar-refractivity contribution < 1.29 is 0 Å². The molecule has 1 fully saturated rings. The van der Waals surface area contributed by atoms with Crippen molar-refractivity contribution in [2.24, 2.45) is 11.8 Å². The summed E-state index contributed by atoms with van der Waals surface area (Å²) in [5.74, 6) is 1.91. The predicted molar refractivity (Wildman–Crippen MR) is 34.6 cm³/mol. The molecule has 0 aromatic rings. The number of fused-ring (bicyclic) bond motifs is 1. The standard InChI is InChI=1S/C8H12/c1-6-3-2-4-7-5-8(6)7/h5-7H,2-4H2,1H3. The first kappa shape index (κ1) is 4.60. The van der Waals surface area contributed by atoms with E-state index in [1.807, 2.05) is 0 Å². The SMILES string of the molecule is CC1CCCC2C=C12. The molecule has 2 aliphatic rings. The molecule has 2 rings (SSSR count). The molecule has 44 valence electrons. The molecular formula is C8H12. The van der Waals surface area contributed by atoms with Crippen LogP contribution < -0.4 is 0 Å². The molecule has 2 unspecified atom stereocenters. The average Bonchev–Trinajstić information content (AvgIpc) is 2.45. The third-order valence-corrected chi connectivity index (χ3v) is 2.43. The highest BCUT2D eigenvalue weighted by molar-refractivity contribution is 5.32. The Morgan fingerprint density at radius 3 is 3.00 bits per heavy atom. The summed E-state index contributed by atoms with van der Waals surface area (Å²) in [7, 11) is 0. The smallest absolute Gasteiger partial charge is 0.00174 e. The van der Waals surface area contributed by atoms with Gasteiger partial charge >= 0.3 is 0 Å². The third kappa shape index (κ3) is 0.521. The molecule has 0 aromatic heterocycles. The van der Waals surface area contributed by atoms with Crippen molar-refractivity contribution in [3.05, 3.63) is 11.6 Å². The van der Waals surface area contributed by atoms with Gasteiger partial charge in [0.25, 0.3) is 0 Å². The van der Waals surface area contributed by atoms with Gasteiger partial charge in [-0.1, -0.05) is 25.0 Å².